The molecule has 0 aromatic carbocycles. The molecule has 0 aliphatic carbocycles. The van der Waals surface area contributed by atoms with Crippen LogP contribution in [-0.4, -0.2) is 27.2 Å². The summed E-state index contributed by atoms with van der Waals surface area (Å²) in [5.41, 5.74) is 1.91. The van der Waals surface area contributed by atoms with E-state index in [-0.39, 0.29) is 6.10 Å². The van der Waals surface area contributed by atoms with E-state index in [9.17, 15) is 0 Å². The van der Waals surface area contributed by atoms with Crippen molar-refractivity contribution in [3.63, 3.8) is 0 Å². The fourth-order valence-corrected chi connectivity index (χ4v) is 3.21. The summed E-state index contributed by atoms with van der Waals surface area (Å²) >= 11 is 8.85. The molecule has 2 aromatic rings. The Balaban J connectivity index is 2.10. The Hall–Kier alpha value is -0.720. The van der Waals surface area contributed by atoms with Gasteiger partial charge in [-0.2, -0.15) is 0 Å². The highest BCUT2D eigenvalue weighted by atomic mass is 79.9. The van der Waals surface area contributed by atoms with Gasteiger partial charge in [-0.15, -0.1) is 0 Å². The van der Waals surface area contributed by atoms with Crippen molar-refractivity contribution in [3.8, 4) is 0 Å². The van der Waals surface area contributed by atoms with Crippen molar-refractivity contribution in [2.24, 2.45) is 0 Å². The van der Waals surface area contributed by atoms with E-state index in [4.69, 9.17) is 17.0 Å². The maximum atomic E-state index is 5.59. The van der Waals surface area contributed by atoms with Gasteiger partial charge in [-0.25, -0.2) is 4.98 Å². The van der Waals surface area contributed by atoms with Crippen LogP contribution in [0.5, 0.6) is 0 Å². The summed E-state index contributed by atoms with van der Waals surface area (Å²) in [6, 6.07) is 2.39. The molecule has 1 saturated heterocycles. The fraction of sp³-hybridized carbons (Fsp3) is 0.500. The molecule has 1 N–H and O–H groups in total. The summed E-state index contributed by atoms with van der Waals surface area (Å²) in [6.45, 7) is 2.89. The van der Waals surface area contributed by atoms with Crippen LogP contribution in [0.2, 0.25) is 0 Å². The number of ether oxygens (including phenoxy) is 1. The zero-order chi connectivity index (χ0) is 12.7. The maximum Gasteiger partial charge on any atom is 0.179 e. The minimum Gasteiger partial charge on any atom is -0.378 e. The number of H-pyrrole nitrogens is 1. The number of nitrogens with zero attached hydrogens (tertiary/aromatic N) is 2. The van der Waals surface area contributed by atoms with Gasteiger partial charge in [0.05, 0.1) is 11.6 Å². The van der Waals surface area contributed by atoms with E-state index in [2.05, 4.69) is 37.4 Å². The largest absolute Gasteiger partial charge is 0.378 e. The summed E-state index contributed by atoms with van der Waals surface area (Å²) in [5, 5.41) is 0. The second-order valence-electron chi connectivity index (χ2n) is 4.68. The van der Waals surface area contributed by atoms with Gasteiger partial charge in [-0.05, 0) is 54.0 Å². The molecule has 3 rings (SSSR count). The molecule has 4 nitrogen and oxygen atoms in total. The third kappa shape index (κ3) is 2.13. The Bertz CT molecular complexity index is 636. The Morgan fingerprint density at radius 1 is 1.61 bits per heavy atom. The monoisotopic (exact) mass is 327 g/mol. The molecule has 1 fully saturated rings. The first-order valence-corrected chi connectivity index (χ1v) is 7.22. The summed E-state index contributed by atoms with van der Waals surface area (Å²) in [7, 11) is 0. The first-order chi connectivity index (χ1) is 8.65. The van der Waals surface area contributed by atoms with Gasteiger partial charge in [0, 0.05) is 23.3 Å². The third-order valence-electron chi connectivity index (χ3n) is 3.34. The second-order valence-corrected chi connectivity index (χ2v) is 5.99. The molecule has 6 heteroatoms. The summed E-state index contributed by atoms with van der Waals surface area (Å²) in [4.78, 5) is 7.70. The van der Waals surface area contributed by atoms with Crippen LogP contribution in [0, 0.1) is 4.77 Å². The first-order valence-electron chi connectivity index (χ1n) is 6.02. The van der Waals surface area contributed by atoms with Crippen LogP contribution >= 0.6 is 28.1 Å². The average Bonchev–Trinajstić information content (AvgIpc) is 2.64. The lowest BCUT2D eigenvalue weighted by Gasteiger charge is -2.28. The highest BCUT2D eigenvalue weighted by molar-refractivity contribution is 9.10. The predicted molar refractivity (Wildman–Crippen MR) is 76.3 cm³/mol. The second kappa shape index (κ2) is 4.75. The first kappa shape index (κ1) is 12.3. The quantitative estimate of drug-likeness (QED) is 0.814. The van der Waals surface area contributed by atoms with Crippen LogP contribution in [-0.2, 0) is 4.74 Å². The van der Waals surface area contributed by atoms with Crippen molar-refractivity contribution in [2.45, 2.75) is 31.9 Å². The topological polar surface area (TPSA) is 42.8 Å². The Morgan fingerprint density at radius 3 is 3.22 bits per heavy atom. The number of halogens is 1. The Morgan fingerprint density at radius 2 is 2.44 bits per heavy atom. The summed E-state index contributed by atoms with van der Waals surface area (Å²) in [6.07, 6.45) is 4.07. The minimum atomic E-state index is 0.283. The molecule has 0 radical (unpaired) electrons. The van der Waals surface area contributed by atoms with Gasteiger partial charge >= 0.3 is 0 Å². The molecule has 0 spiro atoms. The van der Waals surface area contributed by atoms with Gasteiger partial charge < -0.3 is 9.72 Å². The van der Waals surface area contributed by atoms with Crippen molar-refractivity contribution in [1.29, 1.82) is 0 Å². The molecule has 96 valence electrons. The minimum absolute atomic E-state index is 0.283. The highest BCUT2D eigenvalue weighted by Gasteiger charge is 2.23. The van der Waals surface area contributed by atoms with Crippen molar-refractivity contribution in [1.82, 2.24) is 14.5 Å². The van der Waals surface area contributed by atoms with Crippen LogP contribution in [0.15, 0.2) is 16.7 Å². The number of hydrogen-bond acceptors (Lipinski definition) is 3. The summed E-state index contributed by atoms with van der Waals surface area (Å²) in [5.74, 6) is 0. The molecule has 2 atom stereocenters. The number of nitrogens with one attached hydrogen (secondary N) is 1. The predicted octanol–water partition coefficient (Wildman–Crippen LogP) is 3.60. The van der Waals surface area contributed by atoms with Gasteiger partial charge in [0.2, 0.25) is 0 Å². The van der Waals surface area contributed by atoms with Gasteiger partial charge in [0.25, 0.3) is 0 Å². The molecule has 1 aliphatic heterocycles. The smallest absolute Gasteiger partial charge is 0.179 e. The van der Waals surface area contributed by atoms with E-state index in [1.807, 2.05) is 12.3 Å². The Labute approximate surface area is 118 Å². The number of pyridine rings is 1. The van der Waals surface area contributed by atoms with E-state index in [0.29, 0.717) is 6.04 Å². The molecule has 3 heterocycles. The van der Waals surface area contributed by atoms with E-state index in [1.165, 1.54) is 0 Å². The van der Waals surface area contributed by atoms with Crippen LogP contribution in [0.4, 0.5) is 0 Å². The van der Waals surface area contributed by atoms with E-state index in [1.54, 1.807) is 0 Å². The van der Waals surface area contributed by atoms with Crippen molar-refractivity contribution in [2.75, 3.05) is 6.61 Å². The van der Waals surface area contributed by atoms with E-state index < -0.39 is 0 Å². The molecule has 2 aromatic heterocycles. The van der Waals surface area contributed by atoms with Crippen LogP contribution in [0.1, 0.15) is 25.8 Å². The van der Waals surface area contributed by atoms with Crippen LogP contribution < -0.4 is 0 Å². The lowest BCUT2D eigenvalue weighted by Crippen LogP contribution is -2.25. The van der Waals surface area contributed by atoms with Gasteiger partial charge in [-0.1, -0.05) is 0 Å². The molecular formula is C12H14BrN3OS. The number of fused-ring (bicyclic) bond motifs is 1. The molecule has 0 bridgehead atoms. The number of rotatable bonds is 1. The van der Waals surface area contributed by atoms with Crippen molar-refractivity contribution in [3.05, 3.63) is 21.5 Å². The van der Waals surface area contributed by atoms with Crippen LogP contribution in [0.25, 0.3) is 11.2 Å². The van der Waals surface area contributed by atoms with Crippen LogP contribution in [0.3, 0.4) is 0 Å². The molecule has 1 aliphatic rings. The zero-order valence-corrected chi connectivity index (χ0v) is 12.4. The molecular weight excluding hydrogens is 314 g/mol. The number of aromatic amines is 1. The SMILES string of the molecule is CC1CC(n2c(=S)[nH]c3cc(Br)cnc32)CCO1. The third-order valence-corrected chi connectivity index (χ3v) is 4.08. The lowest BCUT2D eigenvalue weighted by molar-refractivity contribution is 0.00638. The van der Waals surface area contributed by atoms with Crippen molar-refractivity contribution >= 4 is 39.3 Å². The number of hydrogen-bond donors (Lipinski definition) is 1. The molecule has 18 heavy (non-hydrogen) atoms. The average molecular weight is 328 g/mol. The van der Waals surface area contributed by atoms with Gasteiger partial charge in [0.1, 0.15) is 0 Å². The molecule has 0 saturated carbocycles. The number of imidazole rings is 1. The Kier molecular flexibility index (Phi) is 3.25. The summed E-state index contributed by atoms with van der Waals surface area (Å²) < 4.78 is 9.43. The van der Waals surface area contributed by atoms with E-state index >= 15 is 0 Å². The lowest BCUT2D eigenvalue weighted by atomic mass is 10.0. The van der Waals surface area contributed by atoms with Gasteiger partial charge in [-0.3, -0.25) is 4.57 Å². The fourth-order valence-electron chi connectivity index (χ4n) is 2.54. The van der Waals surface area contributed by atoms with Gasteiger partial charge in [0.15, 0.2) is 10.4 Å². The van der Waals surface area contributed by atoms with Crippen molar-refractivity contribution < 1.29 is 4.74 Å². The van der Waals surface area contributed by atoms with E-state index in [0.717, 1.165) is 39.9 Å². The number of aromatic nitrogens is 3. The highest BCUT2D eigenvalue weighted by Crippen LogP contribution is 2.28. The maximum absolute atomic E-state index is 5.59. The molecule has 2 unspecified atom stereocenters. The molecule has 0 amide bonds. The zero-order valence-electron chi connectivity index (χ0n) is 10.0. The standard InChI is InChI=1S/C12H14BrN3OS/c1-7-4-9(2-3-17-7)16-11-10(15-12(16)18)5-8(13)6-14-11/h5-7,9H,2-4H2,1H3,(H,15,18). The normalized spacial score (nSPS) is 24.6.